The van der Waals surface area contributed by atoms with Crippen LogP contribution in [-0.4, -0.2) is 77.9 Å². The number of nitrogens with zero attached hydrogens (tertiary/aromatic N) is 2. The van der Waals surface area contributed by atoms with Crippen molar-refractivity contribution in [2.75, 3.05) is 32.7 Å². The first-order valence-electron chi connectivity index (χ1n) is 7.78. The van der Waals surface area contributed by atoms with E-state index < -0.39 is 12.1 Å². The van der Waals surface area contributed by atoms with Gasteiger partial charge in [-0.2, -0.15) is 0 Å². The highest BCUT2D eigenvalue weighted by Gasteiger charge is 2.33. The molecule has 118 valence electrons. The highest BCUT2D eigenvalue weighted by atomic mass is 16.5. The summed E-state index contributed by atoms with van der Waals surface area (Å²) < 4.78 is 5.38. The maximum atomic E-state index is 12.1. The third-order valence-corrected chi connectivity index (χ3v) is 4.53. The minimum atomic E-state index is -0.917. The number of hydrogen-bond donors (Lipinski definition) is 2. The summed E-state index contributed by atoms with van der Waals surface area (Å²) in [7, 11) is 0. The second kappa shape index (κ2) is 6.19. The quantitative estimate of drug-likeness (QED) is 0.769. The van der Waals surface area contributed by atoms with Crippen molar-refractivity contribution in [3.8, 4) is 0 Å². The first-order chi connectivity index (χ1) is 10.1. The number of amides is 2. The summed E-state index contributed by atoms with van der Waals surface area (Å²) in [5.74, 6) is -0.917. The zero-order chi connectivity index (χ0) is 14.8. The van der Waals surface area contributed by atoms with Crippen LogP contribution < -0.4 is 5.32 Å². The maximum Gasteiger partial charge on any atom is 0.332 e. The molecular weight excluding hydrogens is 274 g/mol. The van der Waals surface area contributed by atoms with Crippen molar-refractivity contribution in [1.82, 2.24) is 15.1 Å². The lowest BCUT2D eigenvalue weighted by Gasteiger charge is -2.34. The van der Waals surface area contributed by atoms with Crippen molar-refractivity contribution in [3.05, 3.63) is 0 Å². The van der Waals surface area contributed by atoms with E-state index in [4.69, 9.17) is 9.84 Å². The van der Waals surface area contributed by atoms with Gasteiger partial charge in [-0.3, -0.25) is 4.90 Å². The molecule has 0 bridgehead atoms. The van der Waals surface area contributed by atoms with Gasteiger partial charge in [0.05, 0.1) is 6.10 Å². The van der Waals surface area contributed by atoms with Crippen LogP contribution in [0.2, 0.25) is 0 Å². The molecule has 7 nitrogen and oxygen atoms in total. The van der Waals surface area contributed by atoms with E-state index >= 15 is 0 Å². The van der Waals surface area contributed by atoms with Gasteiger partial charge in [0.15, 0.2) is 6.10 Å². The van der Waals surface area contributed by atoms with Gasteiger partial charge in [-0.25, -0.2) is 9.59 Å². The Bertz CT molecular complexity index is 405. The molecule has 2 saturated heterocycles. The number of urea groups is 1. The van der Waals surface area contributed by atoms with Crippen molar-refractivity contribution in [2.24, 2.45) is 0 Å². The first kappa shape index (κ1) is 14.6. The van der Waals surface area contributed by atoms with Gasteiger partial charge in [-0.1, -0.05) is 0 Å². The first-order valence-corrected chi connectivity index (χ1v) is 7.78. The Labute approximate surface area is 124 Å². The van der Waals surface area contributed by atoms with Gasteiger partial charge in [0.2, 0.25) is 0 Å². The number of carboxylic acids is 1. The minimum Gasteiger partial charge on any atom is -0.479 e. The van der Waals surface area contributed by atoms with E-state index in [-0.39, 0.29) is 12.1 Å². The summed E-state index contributed by atoms with van der Waals surface area (Å²) in [4.78, 5) is 27.2. The Kier molecular flexibility index (Phi) is 4.30. The van der Waals surface area contributed by atoms with E-state index in [2.05, 4.69) is 10.2 Å². The molecule has 2 heterocycles. The average molecular weight is 297 g/mol. The van der Waals surface area contributed by atoms with E-state index in [1.165, 1.54) is 12.8 Å². The molecule has 2 aliphatic heterocycles. The molecule has 2 unspecified atom stereocenters. The number of rotatable bonds is 4. The van der Waals surface area contributed by atoms with E-state index in [9.17, 15) is 9.59 Å². The van der Waals surface area contributed by atoms with Crippen molar-refractivity contribution >= 4 is 12.0 Å². The average Bonchev–Trinajstić information content (AvgIpc) is 3.23. The predicted octanol–water partition coefficient (Wildman–Crippen LogP) is 0.108. The molecule has 0 spiro atoms. The summed E-state index contributed by atoms with van der Waals surface area (Å²) in [5, 5.41) is 11.7. The number of hydrogen-bond acceptors (Lipinski definition) is 4. The number of carbonyl (C=O) groups excluding carboxylic acids is 1. The summed E-state index contributed by atoms with van der Waals surface area (Å²) in [6.45, 7) is 3.85. The van der Waals surface area contributed by atoms with Crippen molar-refractivity contribution in [1.29, 1.82) is 0 Å². The van der Waals surface area contributed by atoms with Crippen molar-refractivity contribution in [3.63, 3.8) is 0 Å². The van der Waals surface area contributed by atoms with Crippen LogP contribution in [0.3, 0.4) is 0 Å². The molecule has 1 aliphatic carbocycles. The van der Waals surface area contributed by atoms with E-state index in [1.54, 1.807) is 0 Å². The van der Waals surface area contributed by atoms with Crippen LogP contribution >= 0.6 is 0 Å². The molecule has 3 aliphatic rings. The standard InChI is InChI=1S/C14H23N3O4/c18-13(19)12-4-3-11(21-12)9-15-14(20)17-7-5-16(6-8-17)10-1-2-10/h10-12H,1-9H2,(H,15,20)(H,18,19). The molecule has 0 aromatic rings. The highest BCUT2D eigenvalue weighted by molar-refractivity contribution is 5.74. The summed E-state index contributed by atoms with van der Waals surface area (Å²) in [6.07, 6.45) is 2.92. The zero-order valence-electron chi connectivity index (χ0n) is 12.2. The lowest BCUT2D eigenvalue weighted by molar-refractivity contribution is -0.149. The molecule has 3 rings (SSSR count). The van der Waals surface area contributed by atoms with Crippen LogP contribution in [0, 0.1) is 0 Å². The van der Waals surface area contributed by atoms with Gasteiger partial charge in [0.25, 0.3) is 0 Å². The Morgan fingerprint density at radius 2 is 1.81 bits per heavy atom. The van der Waals surface area contributed by atoms with Gasteiger partial charge >= 0.3 is 12.0 Å². The molecular formula is C14H23N3O4. The Morgan fingerprint density at radius 1 is 1.10 bits per heavy atom. The topological polar surface area (TPSA) is 82.1 Å². The summed E-state index contributed by atoms with van der Waals surface area (Å²) >= 11 is 0. The summed E-state index contributed by atoms with van der Waals surface area (Å²) in [6, 6.07) is 0.697. The van der Waals surface area contributed by atoms with Gasteiger partial charge < -0.3 is 20.1 Å². The number of aliphatic carboxylic acids is 1. The van der Waals surface area contributed by atoms with Crippen LogP contribution in [-0.2, 0) is 9.53 Å². The predicted molar refractivity (Wildman–Crippen MR) is 75.1 cm³/mol. The lowest BCUT2D eigenvalue weighted by atomic mass is 10.2. The number of piperazine rings is 1. The third kappa shape index (κ3) is 3.65. The molecule has 2 amide bonds. The zero-order valence-corrected chi connectivity index (χ0v) is 12.2. The van der Waals surface area contributed by atoms with E-state index in [0.29, 0.717) is 19.4 Å². The number of nitrogens with one attached hydrogen (secondary N) is 1. The van der Waals surface area contributed by atoms with Gasteiger partial charge in [-0.15, -0.1) is 0 Å². The normalized spacial score (nSPS) is 30.4. The fraction of sp³-hybridized carbons (Fsp3) is 0.857. The highest BCUT2D eigenvalue weighted by Crippen LogP contribution is 2.27. The van der Waals surface area contributed by atoms with Crippen LogP contribution in [0.5, 0.6) is 0 Å². The van der Waals surface area contributed by atoms with Gasteiger partial charge in [0.1, 0.15) is 0 Å². The largest absolute Gasteiger partial charge is 0.479 e. The monoisotopic (exact) mass is 297 g/mol. The smallest absolute Gasteiger partial charge is 0.332 e. The van der Waals surface area contributed by atoms with Crippen LogP contribution in [0.15, 0.2) is 0 Å². The SMILES string of the molecule is O=C(O)C1CCC(CNC(=O)N2CCN(C3CC3)CC2)O1. The van der Waals surface area contributed by atoms with Crippen LogP contribution in [0.1, 0.15) is 25.7 Å². The summed E-state index contributed by atoms with van der Waals surface area (Å²) in [5.41, 5.74) is 0. The van der Waals surface area contributed by atoms with Gasteiger partial charge in [0, 0.05) is 38.8 Å². The second-order valence-corrected chi connectivity index (χ2v) is 6.10. The van der Waals surface area contributed by atoms with Crippen molar-refractivity contribution in [2.45, 2.75) is 43.9 Å². The molecule has 2 N–H and O–H groups in total. The van der Waals surface area contributed by atoms with Gasteiger partial charge in [-0.05, 0) is 25.7 Å². The molecule has 21 heavy (non-hydrogen) atoms. The van der Waals surface area contributed by atoms with Crippen LogP contribution in [0.4, 0.5) is 4.79 Å². The Hall–Kier alpha value is -1.34. The molecule has 0 radical (unpaired) electrons. The molecule has 2 atom stereocenters. The Balaban J connectivity index is 1.36. The molecule has 7 heteroatoms. The van der Waals surface area contributed by atoms with E-state index in [1.807, 2.05) is 4.90 Å². The van der Waals surface area contributed by atoms with E-state index in [0.717, 1.165) is 32.2 Å². The fourth-order valence-corrected chi connectivity index (χ4v) is 3.08. The molecule has 0 aromatic carbocycles. The molecule has 1 saturated carbocycles. The third-order valence-electron chi connectivity index (χ3n) is 4.53. The number of carbonyl (C=O) groups is 2. The minimum absolute atomic E-state index is 0.0622. The fourth-order valence-electron chi connectivity index (χ4n) is 3.08. The molecule has 3 fully saturated rings. The lowest BCUT2D eigenvalue weighted by Crippen LogP contribution is -2.53. The van der Waals surface area contributed by atoms with Crippen molar-refractivity contribution < 1.29 is 19.4 Å². The number of carboxylic acid groups (broad SMARTS) is 1. The molecule has 0 aromatic heterocycles. The van der Waals surface area contributed by atoms with Crippen LogP contribution in [0.25, 0.3) is 0 Å². The maximum absolute atomic E-state index is 12.1. The second-order valence-electron chi connectivity index (χ2n) is 6.10. The Morgan fingerprint density at radius 3 is 2.38 bits per heavy atom. The number of ether oxygens (including phenoxy) is 1.